The van der Waals surface area contributed by atoms with Crippen molar-refractivity contribution in [2.24, 2.45) is 5.92 Å². The van der Waals surface area contributed by atoms with Crippen molar-refractivity contribution in [3.05, 3.63) is 6.54 Å². The molecular weight excluding hydrogens is 246 g/mol. The molecule has 1 aliphatic rings. The molecule has 0 unspecified atom stereocenters. The zero-order valence-corrected chi connectivity index (χ0v) is 11.8. The molecule has 0 aromatic rings. The lowest BCUT2D eigenvalue weighted by Crippen LogP contribution is -2.33. The van der Waals surface area contributed by atoms with Crippen molar-refractivity contribution in [1.82, 2.24) is 4.90 Å². The van der Waals surface area contributed by atoms with E-state index in [-0.39, 0.29) is 0 Å². The van der Waals surface area contributed by atoms with E-state index in [1.165, 1.54) is 0 Å². The van der Waals surface area contributed by atoms with E-state index in [2.05, 4.69) is 64.1 Å². The van der Waals surface area contributed by atoms with Crippen LogP contribution in [0.2, 0.25) is 0 Å². The maximum absolute atomic E-state index is 5.23. The third kappa shape index (κ3) is 8.65. The first kappa shape index (κ1) is 15.6. The second-order valence-electron chi connectivity index (χ2n) is 4.22. The lowest BCUT2D eigenvalue weighted by atomic mass is 10.2. The quantitative estimate of drug-likeness (QED) is 0.519. The molecule has 100 valence electrons. The van der Waals surface area contributed by atoms with Crippen molar-refractivity contribution in [2.75, 3.05) is 26.3 Å². The molecule has 20 heavy (non-hydrogen) atoms. The molecular formula is C18H16NO-. The number of rotatable bonds is 1. The molecule has 0 aliphatic carbocycles. The third-order valence-electron chi connectivity index (χ3n) is 2.16. The Bertz CT molecular complexity index is 597. The molecule has 0 saturated carbocycles. The standard InChI is InChI=1S/C18H16NO/c1-18(2)12-10-8-6-4-3-5-7-9-11-13-19-14-16-20-17-15-19/h13,18H,14-17H2,1-2H3/q-1. The topological polar surface area (TPSA) is 12.5 Å². The highest BCUT2D eigenvalue weighted by atomic mass is 16.5. The second-order valence-corrected chi connectivity index (χ2v) is 4.22. The maximum Gasteiger partial charge on any atom is 0.0583 e. The Morgan fingerprint density at radius 2 is 1.40 bits per heavy atom. The summed E-state index contributed by atoms with van der Waals surface area (Å²) in [6, 6.07) is 0. The number of morpholine rings is 1. The van der Waals surface area contributed by atoms with Gasteiger partial charge in [-0.2, -0.15) is 0 Å². The van der Waals surface area contributed by atoms with Gasteiger partial charge in [0.1, 0.15) is 0 Å². The lowest BCUT2D eigenvalue weighted by Gasteiger charge is -2.28. The van der Waals surface area contributed by atoms with Crippen LogP contribution in [-0.4, -0.2) is 31.2 Å². The smallest absolute Gasteiger partial charge is 0.0583 e. The Morgan fingerprint density at radius 1 is 0.850 bits per heavy atom. The van der Waals surface area contributed by atoms with Gasteiger partial charge in [0.15, 0.2) is 0 Å². The Balaban J connectivity index is 2.28. The number of ether oxygens (including phenoxy) is 1. The first-order chi connectivity index (χ1) is 9.79. The highest BCUT2D eigenvalue weighted by molar-refractivity contribution is 5.42. The monoisotopic (exact) mass is 262 g/mol. The highest BCUT2D eigenvalue weighted by Crippen LogP contribution is 1.97. The van der Waals surface area contributed by atoms with E-state index < -0.39 is 0 Å². The fourth-order valence-corrected chi connectivity index (χ4v) is 1.23. The lowest BCUT2D eigenvalue weighted by molar-refractivity contribution is 0.0542. The molecule has 0 atom stereocenters. The summed E-state index contributed by atoms with van der Waals surface area (Å²) in [5.41, 5.74) is 0. The summed E-state index contributed by atoms with van der Waals surface area (Å²) in [6.07, 6.45) is 0. The van der Waals surface area contributed by atoms with Gasteiger partial charge in [0.25, 0.3) is 0 Å². The third-order valence-corrected chi connectivity index (χ3v) is 2.16. The van der Waals surface area contributed by atoms with Gasteiger partial charge >= 0.3 is 0 Å². The zero-order chi connectivity index (χ0) is 14.5. The predicted molar refractivity (Wildman–Crippen MR) is 80.4 cm³/mol. The van der Waals surface area contributed by atoms with Crippen molar-refractivity contribution in [3.8, 4) is 59.2 Å². The van der Waals surface area contributed by atoms with Gasteiger partial charge in [0.2, 0.25) is 0 Å². The second kappa shape index (κ2) is 10.5. The molecule has 0 aromatic carbocycles. The fraction of sp³-hybridized carbons (Fsp3) is 0.389. The van der Waals surface area contributed by atoms with Crippen LogP contribution in [0.4, 0.5) is 0 Å². The normalized spacial score (nSPS) is 12.8. The molecule has 0 amide bonds. The van der Waals surface area contributed by atoms with Gasteiger partial charge in [-0.15, -0.1) is 12.5 Å². The van der Waals surface area contributed by atoms with Crippen molar-refractivity contribution in [3.63, 3.8) is 0 Å². The summed E-state index contributed by atoms with van der Waals surface area (Å²) in [6.45, 7) is 9.15. The molecule has 1 heterocycles. The van der Waals surface area contributed by atoms with E-state index in [0.29, 0.717) is 5.92 Å². The van der Waals surface area contributed by atoms with Crippen LogP contribution in [0.1, 0.15) is 13.8 Å². The van der Waals surface area contributed by atoms with E-state index in [4.69, 9.17) is 4.74 Å². The van der Waals surface area contributed by atoms with E-state index >= 15 is 0 Å². The molecule has 0 radical (unpaired) electrons. The van der Waals surface area contributed by atoms with E-state index in [1.54, 1.807) is 0 Å². The minimum absolute atomic E-state index is 0.329. The number of hydrogen-bond acceptors (Lipinski definition) is 2. The first-order valence-corrected chi connectivity index (χ1v) is 6.45. The van der Waals surface area contributed by atoms with Gasteiger partial charge in [0.05, 0.1) is 13.2 Å². The Morgan fingerprint density at radius 3 is 2.00 bits per heavy atom. The van der Waals surface area contributed by atoms with Crippen molar-refractivity contribution in [1.29, 1.82) is 0 Å². The Labute approximate surface area is 122 Å². The van der Waals surface area contributed by atoms with Crippen molar-refractivity contribution >= 4 is 0 Å². The van der Waals surface area contributed by atoms with Crippen LogP contribution in [-0.2, 0) is 4.74 Å². The van der Waals surface area contributed by atoms with Gasteiger partial charge in [-0.1, -0.05) is 19.8 Å². The largest absolute Gasteiger partial charge is 0.379 e. The SMILES string of the molecule is CC(C)C#CC#CC#CC#CC#C[CH-]N1CCOCC1. The summed E-state index contributed by atoms with van der Waals surface area (Å²) < 4.78 is 5.23. The van der Waals surface area contributed by atoms with Crippen LogP contribution in [0.3, 0.4) is 0 Å². The summed E-state index contributed by atoms with van der Waals surface area (Å²) in [5.74, 6) is 27.3. The molecule has 1 rings (SSSR count). The van der Waals surface area contributed by atoms with Crippen LogP contribution in [0.15, 0.2) is 0 Å². The van der Waals surface area contributed by atoms with Gasteiger partial charge < -0.3 is 9.64 Å². The first-order valence-electron chi connectivity index (χ1n) is 6.45. The average molecular weight is 262 g/mol. The van der Waals surface area contributed by atoms with E-state index in [0.717, 1.165) is 26.3 Å². The van der Waals surface area contributed by atoms with Crippen LogP contribution in [0, 0.1) is 71.7 Å². The minimum Gasteiger partial charge on any atom is -0.379 e. The van der Waals surface area contributed by atoms with Crippen LogP contribution in [0.25, 0.3) is 0 Å². The van der Waals surface area contributed by atoms with Crippen LogP contribution >= 0.6 is 0 Å². The van der Waals surface area contributed by atoms with Crippen LogP contribution in [0.5, 0.6) is 0 Å². The van der Waals surface area contributed by atoms with E-state index in [1.807, 2.05) is 20.4 Å². The van der Waals surface area contributed by atoms with Crippen molar-refractivity contribution < 1.29 is 4.74 Å². The van der Waals surface area contributed by atoms with Gasteiger partial charge in [-0.25, -0.2) is 5.92 Å². The maximum atomic E-state index is 5.23. The van der Waals surface area contributed by atoms with Crippen LogP contribution < -0.4 is 0 Å². The molecule has 1 fully saturated rings. The number of nitrogens with zero attached hydrogens (tertiary/aromatic N) is 1. The zero-order valence-electron chi connectivity index (χ0n) is 11.8. The van der Waals surface area contributed by atoms with E-state index in [9.17, 15) is 0 Å². The average Bonchev–Trinajstić information content (AvgIpc) is 2.45. The molecule has 0 bridgehead atoms. The molecule has 2 heteroatoms. The number of hydrogen-bond donors (Lipinski definition) is 0. The predicted octanol–water partition coefficient (Wildman–Crippen LogP) is 1.15. The molecule has 0 N–H and O–H groups in total. The summed E-state index contributed by atoms with van der Waals surface area (Å²) in [5, 5.41) is 0. The molecule has 1 saturated heterocycles. The minimum atomic E-state index is 0.329. The summed E-state index contributed by atoms with van der Waals surface area (Å²) in [4.78, 5) is 2.11. The fourth-order valence-electron chi connectivity index (χ4n) is 1.23. The molecule has 2 nitrogen and oxygen atoms in total. The van der Waals surface area contributed by atoms with Gasteiger partial charge in [-0.05, 0) is 35.5 Å². The highest BCUT2D eigenvalue weighted by Gasteiger charge is 2.03. The summed E-state index contributed by atoms with van der Waals surface area (Å²) in [7, 11) is 0. The summed E-state index contributed by atoms with van der Waals surface area (Å²) >= 11 is 0. The molecule has 0 spiro atoms. The molecule has 0 aromatic heterocycles. The molecule has 1 aliphatic heterocycles. The van der Waals surface area contributed by atoms with Gasteiger partial charge in [-0.3, -0.25) is 5.92 Å². The van der Waals surface area contributed by atoms with Gasteiger partial charge in [0, 0.05) is 19.0 Å². The Hall–Kier alpha value is -2.41. The van der Waals surface area contributed by atoms with Crippen molar-refractivity contribution in [2.45, 2.75) is 13.8 Å². The Kier molecular flexibility index (Phi) is 8.22.